The second kappa shape index (κ2) is 6.41. The molecule has 0 saturated carbocycles. The SMILES string of the molecule is COc1ccc(Br)cc1C(=O)Nc1cccc(C(=O)O)c1. The molecular weight excluding hydrogens is 338 g/mol. The topological polar surface area (TPSA) is 75.6 Å². The molecular formula is C15H12BrNO4. The number of nitrogens with one attached hydrogen (secondary N) is 1. The summed E-state index contributed by atoms with van der Waals surface area (Å²) in [5.74, 6) is -0.994. The van der Waals surface area contributed by atoms with E-state index in [1.165, 1.54) is 19.2 Å². The van der Waals surface area contributed by atoms with Crippen LogP contribution in [-0.2, 0) is 0 Å². The second-order valence-corrected chi connectivity index (χ2v) is 5.10. The molecule has 0 aromatic heterocycles. The molecule has 2 aromatic rings. The Bertz CT molecular complexity index is 700. The van der Waals surface area contributed by atoms with Crippen LogP contribution in [0.25, 0.3) is 0 Å². The lowest BCUT2D eigenvalue weighted by atomic mass is 10.1. The summed E-state index contributed by atoms with van der Waals surface area (Å²) in [7, 11) is 1.48. The van der Waals surface area contributed by atoms with Gasteiger partial charge in [0.25, 0.3) is 5.91 Å². The number of carbonyl (C=O) groups excluding carboxylic acids is 1. The number of carboxylic acids is 1. The van der Waals surface area contributed by atoms with E-state index in [1.807, 2.05) is 0 Å². The average molecular weight is 350 g/mol. The summed E-state index contributed by atoms with van der Waals surface area (Å²) >= 11 is 3.30. The van der Waals surface area contributed by atoms with Gasteiger partial charge in [-0.05, 0) is 36.4 Å². The first kappa shape index (κ1) is 15.1. The maximum absolute atomic E-state index is 12.3. The van der Waals surface area contributed by atoms with Gasteiger partial charge in [-0.15, -0.1) is 0 Å². The van der Waals surface area contributed by atoms with E-state index >= 15 is 0 Å². The van der Waals surface area contributed by atoms with Gasteiger partial charge < -0.3 is 15.2 Å². The van der Waals surface area contributed by atoms with E-state index in [4.69, 9.17) is 9.84 Å². The summed E-state index contributed by atoms with van der Waals surface area (Å²) < 4.78 is 5.89. The van der Waals surface area contributed by atoms with E-state index in [0.717, 1.165) is 4.47 Å². The maximum Gasteiger partial charge on any atom is 0.335 e. The van der Waals surface area contributed by atoms with Crippen LogP contribution in [0.15, 0.2) is 46.9 Å². The molecule has 0 fully saturated rings. The van der Waals surface area contributed by atoms with Crippen LogP contribution in [0.2, 0.25) is 0 Å². The minimum absolute atomic E-state index is 0.106. The fraction of sp³-hybridized carbons (Fsp3) is 0.0667. The largest absolute Gasteiger partial charge is 0.496 e. The van der Waals surface area contributed by atoms with Crippen LogP contribution < -0.4 is 10.1 Å². The zero-order valence-corrected chi connectivity index (χ0v) is 12.7. The monoisotopic (exact) mass is 349 g/mol. The Kier molecular flexibility index (Phi) is 4.59. The molecule has 108 valence electrons. The summed E-state index contributed by atoms with van der Waals surface area (Å²) in [4.78, 5) is 23.2. The van der Waals surface area contributed by atoms with Crippen molar-refractivity contribution in [2.75, 3.05) is 12.4 Å². The highest BCUT2D eigenvalue weighted by atomic mass is 79.9. The van der Waals surface area contributed by atoms with Gasteiger partial charge in [0.05, 0.1) is 18.2 Å². The highest BCUT2D eigenvalue weighted by Gasteiger charge is 2.13. The van der Waals surface area contributed by atoms with Crippen molar-refractivity contribution in [2.45, 2.75) is 0 Å². The highest BCUT2D eigenvalue weighted by Crippen LogP contribution is 2.24. The lowest BCUT2D eigenvalue weighted by Crippen LogP contribution is -2.13. The first-order chi connectivity index (χ1) is 10.0. The van der Waals surface area contributed by atoms with Gasteiger partial charge in [-0.2, -0.15) is 0 Å². The summed E-state index contributed by atoms with van der Waals surface area (Å²) in [6.07, 6.45) is 0. The minimum atomic E-state index is -1.05. The quantitative estimate of drug-likeness (QED) is 0.886. The van der Waals surface area contributed by atoms with Gasteiger partial charge in [-0.3, -0.25) is 4.79 Å². The molecule has 5 nitrogen and oxygen atoms in total. The standard InChI is InChI=1S/C15H12BrNO4/c1-21-13-6-5-10(16)8-12(13)14(18)17-11-4-2-3-9(7-11)15(19)20/h2-8H,1H3,(H,17,18)(H,19,20). The normalized spacial score (nSPS) is 10.0. The van der Waals surface area contributed by atoms with Crippen LogP contribution in [0.3, 0.4) is 0 Å². The van der Waals surface area contributed by atoms with Crippen molar-refractivity contribution in [3.63, 3.8) is 0 Å². The molecule has 0 atom stereocenters. The number of hydrogen-bond acceptors (Lipinski definition) is 3. The maximum atomic E-state index is 12.3. The number of benzene rings is 2. The first-order valence-corrected chi connectivity index (χ1v) is 6.79. The fourth-order valence-electron chi connectivity index (χ4n) is 1.79. The van der Waals surface area contributed by atoms with E-state index in [-0.39, 0.29) is 11.5 Å². The molecule has 2 rings (SSSR count). The molecule has 0 spiro atoms. The third-order valence-corrected chi connectivity index (χ3v) is 3.27. The predicted molar refractivity (Wildman–Crippen MR) is 82.0 cm³/mol. The van der Waals surface area contributed by atoms with Crippen molar-refractivity contribution >= 4 is 33.5 Å². The van der Waals surface area contributed by atoms with Gasteiger partial charge in [-0.1, -0.05) is 22.0 Å². The van der Waals surface area contributed by atoms with Crippen LogP contribution in [0.4, 0.5) is 5.69 Å². The number of anilines is 1. The lowest BCUT2D eigenvalue weighted by molar-refractivity contribution is 0.0696. The number of rotatable bonds is 4. The van der Waals surface area contributed by atoms with Gasteiger partial charge >= 0.3 is 5.97 Å². The van der Waals surface area contributed by atoms with Gasteiger partial charge in [0, 0.05) is 10.2 Å². The number of aromatic carboxylic acids is 1. The molecule has 0 aliphatic carbocycles. The zero-order valence-electron chi connectivity index (χ0n) is 11.1. The van der Waals surface area contributed by atoms with Crippen molar-refractivity contribution in [1.82, 2.24) is 0 Å². The Labute approximate surface area is 129 Å². The minimum Gasteiger partial charge on any atom is -0.496 e. The summed E-state index contributed by atoms with van der Waals surface area (Å²) in [6.45, 7) is 0. The summed E-state index contributed by atoms with van der Waals surface area (Å²) in [5, 5.41) is 11.6. The summed E-state index contributed by atoms with van der Waals surface area (Å²) in [6, 6.07) is 11.1. The molecule has 0 unspecified atom stereocenters. The fourth-order valence-corrected chi connectivity index (χ4v) is 2.15. The van der Waals surface area contributed by atoms with Crippen molar-refractivity contribution < 1.29 is 19.4 Å². The van der Waals surface area contributed by atoms with Crippen LogP contribution in [0.5, 0.6) is 5.75 Å². The molecule has 0 aliphatic rings. The lowest BCUT2D eigenvalue weighted by Gasteiger charge is -2.10. The van der Waals surface area contributed by atoms with Crippen molar-refractivity contribution in [3.8, 4) is 5.75 Å². The smallest absolute Gasteiger partial charge is 0.335 e. The molecule has 0 bridgehead atoms. The average Bonchev–Trinajstić information content (AvgIpc) is 2.47. The number of amides is 1. The Hall–Kier alpha value is -2.34. The van der Waals surface area contributed by atoms with Gasteiger partial charge in [0.2, 0.25) is 0 Å². The Morgan fingerprint density at radius 3 is 2.62 bits per heavy atom. The molecule has 2 N–H and O–H groups in total. The van der Waals surface area contributed by atoms with Crippen LogP contribution in [0.1, 0.15) is 20.7 Å². The summed E-state index contributed by atoms with van der Waals surface area (Å²) in [5.41, 5.74) is 0.864. The van der Waals surface area contributed by atoms with Gasteiger partial charge in [-0.25, -0.2) is 4.79 Å². The third kappa shape index (κ3) is 3.61. The zero-order chi connectivity index (χ0) is 15.4. The van der Waals surface area contributed by atoms with Gasteiger partial charge in [0.1, 0.15) is 5.75 Å². The van der Waals surface area contributed by atoms with Crippen molar-refractivity contribution in [2.24, 2.45) is 0 Å². The van der Waals surface area contributed by atoms with E-state index in [0.29, 0.717) is 17.0 Å². The van der Waals surface area contributed by atoms with Crippen molar-refractivity contribution in [1.29, 1.82) is 0 Å². The Balaban J connectivity index is 2.28. The predicted octanol–water partition coefficient (Wildman–Crippen LogP) is 3.41. The molecule has 21 heavy (non-hydrogen) atoms. The number of hydrogen-bond donors (Lipinski definition) is 2. The van der Waals surface area contributed by atoms with E-state index in [9.17, 15) is 9.59 Å². The molecule has 1 amide bonds. The van der Waals surface area contributed by atoms with E-state index < -0.39 is 5.97 Å². The van der Waals surface area contributed by atoms with Crippen molar-refractivity contribution in [3.05, 3.63) is 58.1 Å². The third-order valence-electron chi connectivity index (χ3n) is 2.77. The molecule has 0 saturated heterocycles. The molecule has 0 radical (unpaired) electrons. The first-order valence-electron chi connectivity index (χ1n) is 5.99. The second-order valence-electron chi connectivity index (χ2n) is 4.18. The Morgan fingerprint density at radius 1 is 1.19 bits per heavy atom. The number of methoxy groups -OCH3 is 1. The van der Waals surface area contributed by atoms with Gasteiger partial charge in [0.15, 0.2) is 0 Å². The van der Waals surface area contributed by atoms with Crippen LogP contribution in [0, 0.1) is 0 Å². The van der Waals surface area contributed by atoms with E-state index in [2.05, 4.69) is 21.2 Å². The molecule has 2 aromatic carbocycles. The molecule has 6 heteroatoms. The van der Waals surface area contributed by atoms with Crippen LogP contribution >= 0.6 is 15.9 Å². The number of halogens is 1. The Morgan fingerprint density at radius 2 is 1.95 bits per heavy atom. The molecule has 0 heterocycles. The molecule has 0 aliphatic heterocycles. The number of carbonyl (C=O) groups is 2. The van der Waals surface area contributed by atoms with Crippen LogP contribution in [-0.4, -0.2) is 24.1 Å². The van der Waals surface area contributed by atoms with E-state index in [1.54, 1.807) is 30.3 Å². The highest BCUT2D eigenvalue weighted by molar-refractivity contribution is 9.10. The number of carboxylic acid groups (broad SMARTS) is 1. The number of ether oxygens (including phenoxy) is 1.